The first kappa shape index (κ1) is 17.0. The topological polar surface area (TPSA) is 92.8 Å². The van der Waals surface area contributed by atoms with Gasteiger partial charge in [0.25, 0.3) is 10.0 Å². The van der Waals surface area contributed by atoms with Crippen LogP contribution in [0.5, 0.6) is 0 Å². The monoisotopic (exact) mass is 360 g/mol. The van der Waals surface area contributed by atoms with Crippen LogP contribution < -0.4 is 9.62 Å². The molecular formula is C17H16N2O5S. The lowest BCUT2D eigenvalue weighted by Gasteiger charge is -2.12. The fourth-order valence-electron chi connectivity index (χ4n) is 2.62. The molecule has 0 unspecified atom stereocenters. The van der Waals surface area contributed by atoms with Crippen molar-refractivity contribution in [2.45, 2.75) is 11.3 Å². The Hall–Kier alpha value is -2.87. The zero-order valence-corrected chi connectivity index (χ0v) is 14.5. The van der Waals surface area contributed by atoms with Crippen LogP contribution in [0.2, 0.25) is 0 Å². The van der Waals surface area contributed by atoms with Gasteiger partial charge in [0.15, 0.2) is 0 Å². The van der Waals surface area contributed by atoms with Crippen molar-refractivity contribution in [3.63, 3.8) is 0 Å². The molecule has 3 rings (SSSR count). The first-order valence-corrected chi connectivity index (χ1v) is 8.91. The SMILES string of the molecule is COC(=O)c1ccc(NS(=O)(=O)c2ccc3c(c2)CC(=O)N3C)cc1. The van der Waals surface area contributed by atoms with Crippen molar-refractivity contribution >= 4 is 33.3 Å². The van der Waals surface area contributed by atoms with Crippen molar-refractivity contribution in [2.24, 2.45) is 0 Å². The van der Waals surface area contributed by atoms with Gasteiger partial charge in [-0.3, -0.25) is 9.52 Å². The van der Waals surface area contributed by atoms with Gasteiger partial charge in [0.05, 0.1) is 24.0 Å². The van der Waals surface area contributed by atoms with Gasteiger partial charge in [-0.15, -0.1) is 0 Å². The molecule has 0 bridgehead atoms. The highest BCUT2D eigenvalue weighted by Gasteiger charge is 2.26. The molecule has 0 radical (unpaired) electrons. The maximum atomic E-state index is 12.5. The predicted molar refractivity (Wildman–Crippen MR) is 92.1 cm³/mol. The molecule has 1 aliphatic heterocycles. The minimum atomic E-state index is -3.80. The Labute approximate surface area is 145 Å². The Balaban J connectivity index is 1.84. The van der Waals surface area contributed by atoms with Crippen molar-refractivity contribution in [1.29, 1.82) is 0 Å². The van der Waals surface area contributed by atoms with E-state index < -0.39 is 16.0 Å². The third kappa shape index (κ3) is 3.20. The number of benzene rings is 2. The normalized spacial score (nSPS) is 13.5. The fourth-order valence-corrected chi connectivity index (χ4v) is 3.73. The zero-order chi connectivity index (χ0) is 18.2. The molecule has 130 valence electrons. The summed E-state index contributed by atoms with van der Waals surface area (Å²) in [5, 5.41) is 0. The van der Waals surface area contributed by atoms with E-state index in [1.165, 1.54) is 48.4 Å². The number of fused-ring (bicyclic) bond motifs is 1. The number of carbonyl (C=O) groups is 2. The number of methoxy groups -OCH3 is 1. The Morgan fingerprint density at radius 1 is 1.16 bits per heavy atom. The van der Waals surface area contributed by atoms with E-state index in [1.54, 1.807) is 13.1 Å². The van der Waals surface area contributed by atoms with Crippen LogP contribution >= 0.6 is 0 Å². The zero-order valence-electron chi connectivity index (χ0n) is 13.6. The molecule has 1 aliphatic rings. The standard InChI is InChI=1S/C17H16N2O5S/c1-19-15-8-7-14(9-12(15)10-16(19)20)25(22,23)18-13-5-3-11(4-6-13)17(21)24-2/h3-9,18H,10H2,1-2H3. The molecule has 1 heterocycles. The molecule has 2 aromatic rings. The van der Waals surface area contributed by atoms with Crippen molar-refractivity contribution < 1.29 is 22.7 Å². The lowest BCUT2D eigenvalue weighted by atomic mass is 10.2. The number of anilines is 2. The van der Waals surface area contributed by atoms with Crippen LogP contribution in [0, 0.1) is 0 Å². The number of esters is 1. The van der Waals surface area contributed by atoms with Gasteiger partial charge in [-0.25, -0.2) is 13.2 Å². The summed E-state index contributed by atoms with van der Waals surface area (Å²) < 4.78 is 32.1. The van der Waals surface area contributed by atoms with Gasteiger partial charge < -0.3 is 9.64 Å². The molecule has 1 N–H and O–H groups in total. The Morgan fingerprint density at radius 3 is 2.48 bits per heavy atom. The van der Waals surface area contributed by atoms with E-state index in [0.29, 0.717) is 22.5 Å². The lowest BCUT2D eigenvalue weighted by Crippen LogP contribution is -2.20. The Morgan fingerprint density at radius 2 is 1.84 bits per heavy atom. The maximum Gasteiger partial charge on any atom is 0.337 e. The predicted octanol–water partition coefficient (Wildman–Crippen LogP) is 1.79. The highest BCUT2D eigenvalue weighted by molar-refractivity contribution is 7.92. The molecular weight excluding hydrogens is 344 g/mol. The number of carbonyl (C=O) groups excluding carboxylic acids is 2. The van der Waals surface area contributed by atoms with E-state index in [0.717, 1.165) is 0 Å². The first-order valence-electron chi connectivity index (χ1n) is 7.42. The summed E-state index contributed by atoms with van der Waals surface area (Å²) in [6, 6.07) is 10.5. The van der Waals surface area contributed by atoms with Crippen molar-refractivity contribution in [3.05, 3.63) is 53.6 Å². The number of amides is 1. The van der Waals surface area contributed by atoms with Crippen LogP contribution in [-0.2, 0) is 26.0 Å². The second kappa shape index (κ2) is 6.21. The van der Waals surface area contributed by atoms with Gasteiger partial charge in [-0.2, -0.15) is 0 Å². The van der Waals surface area contributed by atoms with Crippen LogP contribution in [0.25, 0.3) is 0 Å². The minimum Gasteiger partial charge on any atom is -0.465 e. The van der Waals surface area contributed by atoms with Gasteiger partial charge in [0.1, 0.15) is 0 Å². The van der Waals surface area contributed by atoms with Gasteiger partial charge in [0, 0.05) is 18.4 Å². The second-order valence-electron chi connectivity index (χ2n) is 5.59. The first-order chi connectivity index (χ1) is 11.8. The van der Waals surface area contributed by atoms with Crippen LogP contribution in [0.1, 0.15) is 15.9 Å². The Bertz CT molecular complexity index is 952. The summed E-state index contributed by atoms with van der Waals surface area (Å²) in [6.45, 7) is 0. The maximum absolute atomic E-state index is 12.5. The third-order valence-corrected chi connectivity index (χ3v) is 5.38. The molecule has 0 aromatic heterocycles. The highest BCUT2D eigenvalue weighted by atomic mass is 32.2. The van der Waals surface area contributed by atoms with E-state index in [4.69, 9.17) is 0 Å². The third-order valence-electron chi connectivity index (χ3n) is 4.00. The number of sulfonamides is 1. The lowest BCUT2D eigenvalue weighted by molar-refractivity contribution is -0.117. The fraction of sp³-hybridized carbons (Fsp3) is 0.176. The highest BCUT2D eigenvalue weighted by Crippen LogP contribution is 2.30. The largest absolute Gasteiger partial charge is 0.465 e. The Kier molecular flexibility index (Phi) is 4.22. The molecule has 0 spiro atoms. The molecule has 0 aliphatic carbocycles. The molecule has 0 fully saturated rings. The molecule has 0 atom stereocenters. The smallest absolute Gasteiger partial charge is 0.337 e. The molecule has 2 aromatic carbocycles. The number of nitrogens with one attached hydrogen (secondary N) is 1. The van der Waals surface area contributed by atoms with E-state index >= 15 is 0 Å². The van der Waals surface area contributed by atoms with Crippen LogP contribution in [0.4, 0.5) is 11.4 Å². The summed E-state index contributed by atoms with van der Waals surface area (Å²) in [5.41, 5.74) is 2.04. The van der Waals surface area contributed by atoms with E-state index in [-0.39, 0.29) is 17.2 Å². The van der Waals surface area contributed by atoms with Crippen LogP contribution in [0.3, 0.4) is 0 Å². The summed E-state index contributed by atoms with van der Waals surface area (Å²) in [4.78, 5) is 24.7. The summed E-state index contributed by atoms with van der Waals surface area (Å²) in [5.74, 6) is -0.572. The number of ether oxygens (including phenoxy) is 1. The minimum absolute atomic E-state index is 0.0732. The van der Waals surface area contributed by atoms with Crippen molar-refractivity contribution in [3.8, 4) is 0 Å². The molecule has 0 saturated carbocycles. The molecule has 8 heteroatoms. The average Bonchev–Trinajstić information content (AvgIpc) is 2.88. The number of nitrogens with zero attached hydrogens (tertiary/aromatic N) is 1. The summed E-state index contributed by atoms with van der Waals surface area (Å²) >= 11 is 0. The van der Waals surface area contributed by atoms with Crippen molar-refractivity contribution in [2.75, 3.05) is 23.8 Å². The van der Waals surface area contributed by atoms with E-state index in [2.05, 4.69) is 9.46 Å². The molecule has 7 nitrogen and oxygen atoms in total. The van der Waals surface area contributed by atoms with E-state index in [1.807, 2.05) is 0 Å². The van der Waals surface area contributed by atoms with Crippen LogP contribution in [-0.4, -0.2) is 34.5 Å². The van der Waals surface area contributed by atoms with Crippen molar-refractivity contribution in [1.82, 2.24) is 0 Å². The number of hydrogen-bond donors (Lipinski definition) is 1. The summed E-state index contributed by atoms with van der Waals surface area (Å²) in [6.07, 6.45) is 0.184. The quantitative estimate of drug-likeness (QED) is 0.839. The van der Waals surface area contributed by atoms with E-state index in [9.17, 15) is 18.0 Å². The van der Waals surface area contributed by atoms with Gasteiger partial charge in [0.2, 0.25) is 5.91 Å². The molecule has 1 amide bonds. The summed E-state index contributed by atoms with van der Waals surface area (Å²) in [7, 11) is -0.876. The molecule has 0 saturated heterocycles. The second-order valence-corrected chi connectivity index (χ2v) is 7.28. The van der Waals surface area contributed by atoms with Gasteiger partial charge >= 0.3 is 5.97 Å². The number of rotatable bonds is 4. The number of hydrogen-bond acceptors (Lipinski definition) is 5. The van der Waals surface area contributed by atoms with Gasteiger partial charge in [-0.1, -0.05) is 0 Å². The van der Waals surface area contributed by atoms with Gasteiger partial charge in [-0.05, 0) is 48.0 Å². The average molecular weight is 360 g/mol. The molecule has 25 heavy (non-hydrogen) atoms. The number of likely N-dealkylation sites (N-methyl/N-ethyl adjacent to an activating group) is 1. The van der Waals surface area contributed by atoms with Crippen LogP contribution in [0.15, 0.2) is 47.4 Å².